The number of likely N-dealkylation sites (N-methyl/N-ethyl adjacent to an activating group) is 1. The number of nitrogens with zero attached hydrogens (tertiary/aromatic N) is 4. The molecule has 0 N–H and O–H groups in total. The summed E-state index contributed by atoms with van der Waals surface area (Å²) < 4.78 is 10.0. The summed E-state index contributed by atoms with van der Waals surface area (Å²) in [6.07, 6.45) is 3.68. The van der Waals surface area contributed by atoms with Crippen LogP contribution in [-0.2, 0) is 29.1 Å². The fraction of sp³-hybridized carbons (Fsp3) is 0.429. The maximum atomic E-state index is 12.3. The van der Waals surface area contributed by atoms with E-state index in [0.717, 1.165) is 5.56 Å². The molecule has 0 aliphatic rings. The van der Waals surface area contributed by atoms with Crippen LogP contribution in [0.5, 0.6) is 0 Å². The Bertz CT molecular complexity index is 571. The zero-order chi connectivity index (χ0) is 15.1. The van der Waals surface area contributed by atoms with Gasteiger partial charge in [-0.2, -0.15) is 4.98 Å². The second-order valence-electron chi connectivity index (χ2n) is 4.48. The molecule has 0 spiro atoms. The fourth-order valence-electron chi connectivity index (χ4n) is 1.87. The number of rotatable bonds is 7. The number of amides is 1. The Morgan fingerprint density at radius 1 is 1.48 bits per heavy atom. The molecule has 21 heavy (non-hydrogen) atoms. The largest absolute Gasteiger partial charge is 0.377 e. The van der Waals surface area contributed by atoms with Gasteiger partial charge in [0.05, 0.1) is 13.0 Å². The first-order valence-electron chi connectivity index (χ1n) is 6.70. The van der Waals surface area contributed by atoms with Gasteiger partial charge in [-0.15, -0.1) is 0 Å². The van der Waals surface area contributed by atoms with Gasteiger partial charge in [0.2, 0.25) is 11.8 Å². The quantitative estimate of drug-likeness (QED) is 0.762. The molecule has 2 heterocycles. The van der Waals surface area contributed by atoms with Gasteiger partial charge in [0.1, 0.15) is 6.61 Å². The summed E-state index contributed by atoms with van der Waals surface area (Å²) in [5.74, 6) is 0.878. The van der Waals surface area contributed by atoms with Crippen LogP contribution in [0.3, 0.4) is 0 Å². The second kappa shape index (κ2) is 7.49. The van der Waals surface area contributed by atoms with Crippen LogP contribution in [0, 0.1) is 0 Å². The van der Waals surface area contributed by atoms with Crippen LogP contribution in [0.25, 0.3) is 0 Å². The van der Waals surface area contributed by atoms with Crippen molar-refractivity contribution in [3.05, 3.63) is 41.8 Å². The third-order valence-electron chi connectivity index (χ3n) is 2.92. The van der Waals surface area contributed by atoms with Crippen LogP contribution in [0.1, 0.15) is 24.2 Å². The Labute approximate surface area is 122 Å². The van der Waals surface area contributed by atoms with Gasteiger partial charge in [0, 0.05) is 26.0 Å². The van der Waals surface area contributed by atoms with Gasteiger partial charge < -0.3 is 14.2 Å². The first-order valence-corrected chi connectivity index (χ1v) is 6.70. The lowest BCUT2D eigenvalue weighted by molar-refractivity contribution is -0.131. The van der Waals surface area contributed by atoms with E-state index in [9.17, 15) is 4.79 Å². The van der Waals surface area contributed by atoms with E-state index < -0.39 is 0 Å². The minimum atomic E-state index is -0.00279. The molecule has 2 aromatic rings. The molecular formula is C14H18N4O3. The van der Waals surface area contributed by atoms with Crippen molar-refractivity contribution in [3.63, 3.8) is 0 Å². The van der Waals surface area contributed by atoms with E-state index in [2.05, 4.69) is 15.1 Å². The Morgan fingerprint density at radius 3 is 3.00 bits per heavy atom. The number of carbonyl (C=O) groups excluding carboxylic acids is 1. The molecule has 7 nitrogen and oxygen atoms in total. The van der Waals surface area contributed by atoms with Gasteiger partial charge in [-0.1, -0.05) is 11.2 Å². The third kappa shape index (κ3) is 4.35. The SMILES string of the molecule is CCN(Cc1nc(COC)no1)C(=O)Cc1cccnc1. The van der Waals surface area contributed by atoms with Crippen LogP contribution in [0.4, 0.5) is 0 Å². The summed E-state index contributed by atoms with van der Waals surface area (Å²) in [5.41, 5.74) is 0.881. The first kappa shape index (κ1) is 15.1. The highest BCUT2D eigenvalue weighted by atomic mass is 16.5. The molecule has 0 aromatic carbocycles. The number of carbonyl (C=O) groups is 1. The topological polar surface area (TPSA) is 81.4 Å². The van der Waals surface area contributed by atoms with Crippen molar-refractivity contribution >= 4 is 5.91 Å². The molecular weight excluding hydrogens is 272 g/mol. The van der Waals surface area contributed by atoms with E-state index in [1.807, 2.05) is 19.1 Å². The average molecular weight is 290 g/mol. The van der Waals surface area contributed by atoms with E-state index >= 15 is 0 Å². The first-order chi connectivity index (χ1) is 10.2. The predicted molar refractivity (Wildman–Crippen MR) is 74.0 cm³/mol. The number of pyridine rings is 1. The Balaban J connectivity index is 1.96. The molecule has 0 bridgehead atoms. The molecule has 2 rings (SSSR count). The van der Waals surface area contributed by atoms with Gasteiger partial charge in [-0.05, 0) is 18.6 Å². The van der Waals surface area contributed by atoms with E-state index in [-0.39, 0.29) is 5.91 Å². The third-order valence-corrected chi connectivity index (χ3v) is 2.92. The van der Waals surface area contributed by atoms with Crippen molar-refractivity contribution < 1.29 is 14.1 Å². The zero-order valence-corrected chi connectivity index (χ0v) is 12.2. The minimum absolute atomic E-state index is 0.00279. The molecule has 0 radical (unpaired) electrons. The van der Waals surface area contributed by atoms with E-state index in [4.69, 9.17) is 9.26 Å². The minimum Gasteiger partial charge on any atom is -0.377 e. The summed E-state index contributed by atoms with van der Waals surface area (Å²) in [4.78, 5) is 22.1. The predicted octanol–water partition coefficient (Wildman–Crippen LogP) is 1.20. The van der Waals surface area contributed by atoms with Gasteiger partial charge in [-0.25, -0.2) is 0 Å². The lowest BCUT2D eigenvalue weighted by Crippen LogP contribution is -2.31. The second-order valence-corrected chi connectivity index (χ2v) is 4.48. The number of ether oxygens (including phenoxy) is 1. The van der Waals surface area contributed by atoms with E-state index in [0.29, 0.717) is 37.8 Å². The maximum Gasteiger partial charge on any atom is 0.246 e. The van der Waals surface area contributed by atoms with E-state index in [1.54, 1.807) is 24.4 Å². The lowest BCUT2D eigenvalue weighted by Gasteiger charge is -2.18. The standard InChI is InChI=1S/C14H18N4O3/c1-3-18(9-13-16-12(10-20-2)17-21-13)14(19)7-11-5-4-6-15-8-11/h4-6,8H,3,7,9-10H2,1-2H3. The summed E-state index contributed by atoms with van der Waals surface area (Å²) >= 11 is 0. The Hall–Kier alpha value is -2.28. The summed E-state index contributed by atoms with van der Waals surface area (Å²) in [6.45, 7) is 3.07. The molecule has 7 heteroatoms. The van der Waals surface area contributed by atoms with Crippen molar-refractivity contribution in [1.82, 2.24) is 20.0 Å². The van der Waals surface area contributed by atoms with Crippen LogP contribution in [-0.4, -0.2) is 39.6 Å². The number of aromatic nitrogens is 3. The molecule has 2 aromatic heterocycles. The molecule has 0 aliphatic carbocycles. The van der Waals surface area contributed by atoms with Crippen molar-refractivity contribution in [1.29, 1.82) is 0 Å². The van der Waals surface area contributed by atoms with Crippen molar-refractivity contribution in [3.8, 4) is 0 Å². The highest BCUT2D eigenvalue weighted by molar-refractivity contribution is 5.78. The monoisotopic (exact) mass is 290 g/mol. The van der Waals surface area contributed by atoms with E-state index in [1.165, 1.54) is 0 Å². The van der Waals surface area contributed by atoms with Crippen molar-refractivity contribution in [2.75, 3.05) is 13.7 Å². The van der Waals surface area contributed by atoms with Crippen LogP contribution in [0.15, 0.2) is 29.0 Å². The molecule has 112 valence electrons. The smallest absolute Gasteiger partial charge is 0.246 e. The normalized spacial score (nSPS) is 10.6. The summed E-state index contributed by atoms with van der Waals surface area (Å²) in [5, 5.41) is 3.78. The number of hydrogen-bond acceptors (Lipinski definition) is 6. The Morgan fingerprint density at radius 2 is 2.33 bits per heavy atom. The Kier molecular flexibility index (Phi) is 5.39. The van der Waals surface area contributed by atoms with Gasteiger partial charge in [-0.3, -0.25) is 9.78 Å². The zero-order valence-electron chi connectivity index (χ0n) is 12.2. The van der Waals surface area contributed by atoms with Gasteiger partial charge >= 0.3 is 0 Å². The van der Waals surface area contributed by atoms with Crippen LogP contribution >= 0.6 is 0 Å². The molecule has 0 saturated heterocycles. The van der Waals surface area contributed by atoms with Crippen LogP contribution < -0.4 is 0 Å². The van der Waals surface area contributed by atoms with Gasteiger partial charge in [0.15, 0.2) is 5.82 Å². The summed E-state index contributed by atoms with van der Waals surface area (Å²) in [7, 11) is 1.56. The summed E-state index contributed by atoms with van der Waals surface area (Å²) in [6, 6.07) is 3.69. The molecule has 0 fully saturated rings. The molecule has 0 atom stereocenters. The highest BCUT2D eigenvalue weighted by Gasteiger charge is 2.16. The van der Waals surface area contributed by atoms with Gasteiger partial charge in [0.25, 0.3) is 0 Å². The maximum absolute atomic E-state index is 12.3. The molecule has 0 saturated carbocycles. The van der Waals surface area contributed by atoms with Crippen molar-refractivity contribution in [2.45, 2.75) is 26.5 Å². The fourth-order valence-corrected chi connectivity index (χ4v) is 1.87. The van der Waals surface area contributed by atoms with Crippen LogP contribution in [0.2, 0.25) is 0 Å². The lowest BCUT2D eigenvalue weighted by atomic mass is 10.2. The highest BCUT2D eigenvalue weighted by Crippen LogP contribution is 2.07. The number of methoxy groups -OCH3 is 1. The molecule has 1 amide bonds. The number of hydrogen-bond donors (Lipinski definition) is 0. The molecule has 0 unspecified atom stereocenters. The average Bonchev–Trinajstić information content (AvgIpc) is 2.93. The molecule has 0 aliphatic heterocycles. The van der Waals surface area contributed by atoms with Crippen molar-refractivity contribution in [2.24, 2.45) is 0 Å².